The summed E-state index contributed by atoms with van der Waals surface area (Å²) in [6.45, 7) is 2.37. The second kappa shape index (κ2) is 14.4. The normalized spacial score (nSPS) is 17.5. The first-order chi connectivity index (χ1) is 17.1. The number of esters is 2. The van der Waals surface area contributed by atoms with Crippen LogP contribution in [0.2, 0.25) is 0 Å². The Morgan fingerprint density at radius 3 is 1.86 bits per heavy atom. The summed E-state index contributed by atoms with van der Waals surface area (Å²) in [5.74, 6) is -2.79. The molecule has 2 aromatic rings. The molecule has 35 heavy (non-hydrogen) atoms. The van der Waals surface area contributed by atoms with Gasteiger partial charge < -0.3 is 9.47 Å². The molecule has 1 aliphatic carbocycles. The number of Topliss-reactive ketones (excluding diaryl/α,β-unsaturated/α-hetero) is 1. The molecule has 0 aliphatic heterocycles. The van der Waals surface area contributed by atoms with Crippen molar-refractivity contribution in [1.29, 1.82) is 0 Å². The van der Waals surface area contributed by atoms with Crippen molar-refractivity contribution in [1.82, 2.24) is 0 Å². The van der Waals surface area contributed by atoms with E-state index in [1.165, 1.54) is 19.3 Å². The van der Waals surface area contributed by atoms with Crippen LogP contribution in [0.5, 0.6) is 0 Å². The zero-order valence-corrected chi connectivity index (χ0v) is 20.8. The molecule has 0 heterocycles. The Kier molecular flexibility index (Phi) is 11.0. The van der Waals surface area contributed by atoms with Gasteiger partial charge in [0.25, 0.3) is 0 Å². The van der Waals surface area contributed by atoms with Gasteiger partial charge in [0.2, 0.25) is 0 Å². The molecule has 0 aromatic heterocycles. The number of hydrogen-bond acceptors (Lipinski definition) is 5. The first-order valence-corrected chi connectivity index (χ1v) is 13.0. The van der Waals surface area contributed by atoms with E-state index in [1.54, 1.807) is 0 Å². The molecule has 1 aliphatic rings. The van der Waals surface area contributed by atoms with Crippen LogP contribution in [-0.2, 0) is 37.1 Å². The van der Waals surface area contributed by atoms with Crippen molar-refractivity contribution in [2.75, 3.05) is 0 Å². The van der Waals surface area contributed by atoms with Crippen LogP contribution < -0.4 is 0 Å². The van der Waals surface area contributed by atoms with Gasteiger partial charge in [-0.25, -0.2) is 0 Å². The lowest BCUT2D eigenvalue weighted by molar-refractivity contribution is -0.167. The maximum Gasteiger partial charge on any atom is 0.320 e. The molecule has 3 rings (SSSR count). The predicted octanol–water partition coefficient (Wildman–Crippen LogP) is 6.44. The van der Waals surface area contributed by atoms with E-state index in [2.05, 4.69) is 6.92 Å². The maximum atomic E-state index is 13.2. The summed E-state index contributed by atoms with van der Waals surface area (Å²) in [4.78, 5) is 39.2. The molecule has 5 nitrogen and oxygen atoms in total. The molecular weight excluding hydrogens is 440 g/mol. The average Bonchev–Trinajstić information content (AvgIpc) is 3.24. The van der Waals surface area contributed by atoms with Crippen molar-refractivity contribution in [3.05, 3.63) is 71.8 Å². The smallest absolute Gasteiger partial charge is 0.320 e. The monoisotopic (exact) mass is 478 g/mol. The van der Waals surface area contributed by atoms with Crippen molar-refractivity contribution in [2.24, 2.45) is 17.8 Å². The Morgan fingerprint density at radius 2 is 1.31 bits per heavy atom. The molecule has 0 spiro atoms. The summed E-state index contributed by atoms with van der Waals surface area (Å²) in [6, 6.07) is 18.8. The average molecular weight is 479 g/mol. The molecule has 2 atom stereocenters. The predicted molar refractivity (Wildman–Crippen MR) is 135 cm³/mol. The van der Waals surface area contributed by atoms with E-state index < -0.39 is 17.9 Å². The topological polar surface area (TPSA) is 69.7 Å². The van der Waals surface area contributed by atoms with Crippen molar-refractivity contribution in [3.8, 4) is 0 Å². The van der Waals surface area contributed by atoms with Crippen LogP contribution in [0.15, 0.2) is 60.7 Å². The summed E-state index contributed by atoms with van der Waals surface area (Å²) in [5, 5.41) is 0. The largest absolute Gasteiger partial charge is 0.460 e. The number of unbranched alkanes of at least 4 members (excludes halogenated alkanes) is 5. The van der Waals surface area contributed by atoms with Gasteiger partial charge in [-0.2, -0.15) is 0 Å². The van der Waals surface area contributed by atoms with Gasteiger partial charge >= 0.3 is 11.9 Å². The molecule has 2 unspecified atom stereocenters. The lowest BCUT2D eigenvalue weighted by atomic mass is 9.80. The van der Waals surface area contributed by atoms with Gasteiger partial charge in [0, 0.05) is 12.3 Å². The highest BCUT2D eigenvalue weighted by molar-refractivity contribution is 5.97. The molecule has 188 valence electrons. The number of ether oxygens (including phenoxy) is 2. The first-order valence-electron chi connectivity index (χ1n) is 13.0. The quantitative estimate of drug-likeness (QED) is 0.178. The lowest BCUT2D eigenvalue weighted by Gasteiger charge is -2.25. The van der Waals surface area contributed by atoms with Crippen molar-refractivity contribution in [3.63, 3.8) is 0 Å². The van der Waals surface area contributed by atoms with Crippen LogP contribution in [0.3, 0.4) is 0 Å². The number of carbonyl (C=O) groups is 3. The summed E-state index contributed by atoms with van der Waals surface area (Å²) in [6.07, 6.45) is 8.42. The number of benzene rings is 2. The van der Waals surface area contributed by atoms with Gasteiger partial charge in [0.15, 0.2) is 5.92 Å². The van der Waals surface area contributed by atoms with E-state index >= 15 is 0 Å². The fourth-order valence-corrected chi connectivity index (χ4v) is 4.94. The van der Waals surface area contributed by atoms with Gasteiger partial charge in [-0.15, -0.1) is 0 Å². The van der Waals surface area contributed by atoms with Gasteiger partial charge in [-0.1, -0.05) is 106 Å². The van der Waals surface area contributed by atoms with E-state index in [1.807, 2.05) is 60.7 Å². The molecule has 0 amide bonds. The third-order valence-electron chi connectivity index (χ3n) is 6.91. The zero-order chi connectivity index (χ0) is 24.9. The highest BCUT2D eigenvalue weighted by Gasteiger charge is 2.47. The summed E-state index contributed by atoms with van der Waals surface area (Å²) >= 11 is 0. The van der Waals surface area contributed by atoms with Gasteiger partial charge in [0.05, 0.1) is 0 Å². The van der Waals surface area contributed by atoms with Crippen LogP contribution in [-0.4, -0.2) is 17.7 Å². The minimum absolute atomic E-state index is 0.0882. The summed E-state index contributed by atoms with van der Waals surface area (Å²) < 4.78 is 11.2. The van der Waals surface area contributed by atoms with Gasteiger partial charge in [-0.3, -0.25) is 14.4 Å². The molecule has 0 saturated heterocycles. The summed E-state index contributed by atoms with van der Waals surface area (Å²) in [7, 11) is 0. The fourth-order valence-electron chi connectivity index (χ4n) is 4.94. The third-order valence-corrected chi connectivity index (χ3v) is 6.91. The number of rotatable bonds is 14. The third kappa shape index (κ3) is 8.34. The van der Waals surface area contributed by atoms with Crippen LogP contribution in [0.4, 0.5) is 0 Å². The van der Waals surface area contributed by atoms with E-state index in [0.29, 0.717) is 19.3 Å². The van der Waals surface area contributed by atoms with Gasteiger partial charge in [-0.05, 0) is 29.9 Å². The Morgan fingerprint density at radius 1 is 0.800 bits per heavy atom. The molecule has 1 saturated carbocycles. The maximum absolute atomic E-state index is 13.2. The van der Waals surface area contributed by atoms with E-state index in [4.69, 9.17) is 9.47 Å². The van der Waals surface area contributed by atoms with Crippen molar-refractivity contribution >= 4 is 17.7 Å². The molecule has 1 fully saturated rings. The molecule has 0 N–H and O–H groups in total. The minimum Gasteiger partial charge on any atom is -0.460 e. The number of ketones is 1. The highest BCUT2D eigenvalue weighted by Crippen LogP contribution is 2.39. The molecular formula is C30H38O5. The molecule has 0 radical (unpaired) electrons. The second-order valence-electron chi connectivity index (χ2n) is 9.50. The van der Waals surface area contributed by atoms with Crippen LogP contribution in [0.1, 0.15) is 75.8 Å². The molecule has 2 aromatic carbocycles. The van der Waals surface area contributed by atoms with Crippen molar-refractivity contribution in [2.45, 2.75) is 77.9 Å². The number of hydrogen-bond donors (Lipinski definition) is 0. The lowest BCUT2D eigenvalue weighted by Crippen LogP contribution is -2.37. The van der Waals surface area contributed by atoms with Gasteiger partial charge in [0.1, 0.15) is 19.0 Å². The van der Waals surface area contributed by atoms with Crippen LogP contribution in [0.25, 0.3) is 0 Å². The number of carbonyl (C=O) groups excluding carboxylic acids is 3. The second-order valence-corrected chi connectivity index (χ2v) is 9.50. The Labute approximate surface area is 209 Å². The standard InChI is InChI=1S/C30H38O5/c1-2-3-4-5-6-13-18-25-26(19-20-27(25)31)28(29(32)34-21-23-14-9-7-10-15-23)30(33)35-22-24-16-11-8-12-17-24/h7-12,14-17,25-26,28H,2-6,13,18-22H2,1H3. The Bertz CT molecular complexity index is 869. The molecule has 5 heteroatoms. The van der Waals surface area contributed by atoms with Crippen LogP contribution in [0, 0.1) is 17.8 Å². The zero-order valence-electron chi connectivity index (χ0n) is 20.8. The SMILES string of the molecule is CCCCCCCCC1C(=O)CCC1C(C(=O)OCc1ccccc1)C(=O)OCc1ccccc1. The van der Waals surface area contributed by atoms with E-state index in [0.717, 1.165) is 30.4 Å². The minimum atomic E-state index is -1.08. The first kappa shape index (κ1) is 26.7. The Hall–Kier alpha value is -2.95. The van der Waals surface area contributed by atoms with E-state index in [-0.39, 0.29) is 30.8 Å². The fraction of sp³-hybridized carbons (Fsp3) is 0.500. The van der Waals surface area contributed by atoms with Crippen molar-refractivity contribution < 1.29 is 23.9 Å². The van der Waals surface area contributed by atoms with E-state index in [9.17, 15) is 14.4 Å². The van der Waals surface area contributed by atoms with Crippen LogP contribution >= 0.6 is 0 Å². The molecule has 0 bridgehead atoms. The highest BCUT2D eigenvalue weighted by atomic mass is 16.6. The Balaban J connectivity index is 1.67. The summed E-state index contributed by atoms with van der Waals surface area (Å²) in [5.41, 5.74) is 1.70.